The smallest absolute Gasteiger partial charge is 0.274 e. The topological polar surface area (TPSA) is 187 Å². The van der Waals surface area contributed by atoms with E-state index >= 15 is 0 Å². The van der Waals surface area contributed by atoms with Gasteiger partial charge in [-0.05, 0) is 63.3 Å². The van der Waals surface area contributed by atoms with Crippen LogP contribution >= 0.6 is 0 Å². The summed E-state index contributed by atoms with van der Waals surface area (Å²) in [6, 6.07) is 3.51. The number of hydrogen-bond acceptors (Lipinski definition) is 9. The van der Waals surface area contributed by atoms with E-state index in [4.69, 9.17) is 9.15 Å². The van der Waals surface area contributed by atoms with Gasteiger partial charge in [0.15, 0.2) is 5.69 Å². The molecule has 14 nitrogen and oxygen atoms in total. The number of ether oxygens (including phenoxy) is 1. The molecule has 4 N–H and O–H groups in total. The number of oxazole rings is 1. The van der Waals surface area contributed by atoms with Crippen molar-refractivity contribution >= 4 is 27.7 Å². The average molecular weight is 616 g/mol. The van der Waals surface area contributed by atoms with Crippen LogP contribution in [-0.2, 0) is 19.6 Å². The summed E-state index contributed by atoms with van der Waals surface area (Å²) in [5.74, 6) is -1.42. The molecule has 232 valence electrons. The molecule has 2 bridgehead atoms. The SMILES string of the molecule is COc1ccc(-n2cccn2)cc1S(=O)(=O)N[C@H]1CCCCNC(=O)[C@@H](C)NC(=O)c2nc(oc2C)[C@H](C(C)C)NC1=O. The Balaban J connectivity index is 1.68. The van der Waals surface area contributed by atoms with Gasteiger partial charge < -0.3 is 25.1 Å². The maximum absolute atomic E-state index is 13.7. The van der Waals surface area contributed by atoms with Crippen LogP contribution < -0.4 is 25.4 Å². The van der Waals surface area contributed by atoms with E-state index < -0.39 is 40.0 Å². The molecule has 15 heteroatoms. The summed E-state index contributed by atoms with van der Waals surface area (Å²) in [6.45, 7) is 7.05. The zero-order valence-corrected chi connectivity index (χ0v) is 25.5. The molecule has 0 unspecified atom stereocenters. The van der Waals surface area contributed by atoms with Gasteiger partial charge in [-0.3, -0.25) is 14.4 Å². The number of benzene rings is 1. The van der Waals surface area contributed by atoms with E-state index in [1.807, 2.05) is 13.8 Å². The summed E-state index contributed by atoms with van der Waals surface area (Å²) in [5, 5.41) is 12.4. The molecule has 0 saturated heterocycles. The van der Waals surface area contributed by atoms with Crippen molar-refractivity contribution in [3.63, 3.8) is 0 Å². The number of nitrogens with zero attached hydrogens (tertiary/aromatic N) is 3. The summed E-state index contributed by atoms with van der Waals surface area (Å²) in [5.41, 5.74) is 0.473. The number of amides is 3. The summed E-state index contributed by atoms with van der Waals surface area (Å²) < 4.78 is 42.7. The number of hydrogen-bond donors (Lipinski definition) is 4. The van der Waals surface area contributed by atoms with Gasteiger partial charge in [-0.1, -0.05) is 13.8 Å². The lowest BCUT2D eigenvalue weighted by atomic mass is 10.0. The first-order chi connectivity index (χ1) is 20.4. The van der Waals surface area contributed by atoms with Gasteiger partial charge in [0.25, 0.3) is 5.91 Å². The molecule has 1 aromatic carbocycles. The maximum atomic E-state index is 13.7. The summed E-state index contributed by atoms with van der Waals surface area (Å²) >= 11 is 0. The summed E-state index contributed by atoms with van der Waals surface area (Å²) in [4.78, 5) is 43.3. The predicted octanol–water partition coefficient (Wildman–Crippen LogP) is 1.76. The number of sulfonamides is 1. The average Bonchev–Trinajstić information content (AvgIpc) is 3.64. The highest BCUT2D eigenvalue weighted by molar-refractivity contribution is 7.89. The Bertz CT molecular complexity index is 1570. The molecule has 3 heterocycles. The van der Waals surface area contributed by atoms with Crippen molar-refractivity contribution in [2.24, 2.45) is 5.92 Å². The molecular formula is C28H37N7O7S. The van der Waals surface area contributed by atoms with Crippen LogP contribution in [0.25, 0.3) is 5.69 Å². The first-order valence-electron chi connectivity index (χ1n) is 14.0. The molecule has 1 aliphatic heterocycles. The maximum Gasteiger partial charge on any atom is 0.274 e. The van der Waals surface area contributed by atoms with E-state index in [0.29, 0.717) is 18.5 Å². The van der Waals surface area contributed by atoms with Gasteiger partial charge in [-0.15, -0.1) is 0 Å². The minimum Gasteiger partial charge on any atom is -0.495 e. The Morgan fingerprint density at radius 2 is 1.91 bits per heavy atom. The molecule has 0 radical (unpaired) electrons. The number of aromatic nitrogens is 3. The van der Waals surface area contributed by atoms with E-state index in [1.54, 1.807) is 38.4 Å². The van der Waals surface area contributed by atoms with Crippen molar-refractivity contribution in [2.75, 3.05) is 13.7 Å². The minimum absolute atomic E-state index is 0.0111. The predicted molar refractivity (Wildman–Crippen MR) is 155 cm³/mol. The highest BCUT2D eigenvalue weighted by Gasteiger charge is 2.33. The van der Waals surface area contributed by atoms with E-state index in [1.165, 1.54) is 23.9 Å². The summed E-state index contributed by atoms with van der Waals surface area (Å²) in [6.07, 6.45) is 4.24. The summed E-state index contributed by atoms with van der Waals surface area (Å²) in [7, 11) is -2.93. The molecule has 0 saturated carbocycles. The second-order valence-electron chi connectivity index (χ2n) is 10.6. The quantitative estimate of drug-likeness (QED) is 0.321. The lowest BCUT2D eigenvalue weighted by molar-refractivity contribution is -0.124. The molecular weight excluding hydrogens is 578 g/mol. The zero-order chi connectivity index (χ0) is 31.3. The number of nitrogens with one attached hydrogen (secondary N) is 4. The lowest BCUT2D eigenvalue weighted by Gasteiger charge is -2.24. The second kappa shape index (κ2) is 13.4. The van der Waals surface area contributed by atoms with E-state index in [0.717, 1.165) is 0 Å². The van der Waals surface area contributed by atoms with E-state index in [-0.39, 0.29) is 52.8 Å². The third kappa shape index (κ3) is 7.40. The van der Waals surface area contributed by atoms with Crippen molar-refractivity contribution in [1.29, 1.82) is 0 Å². The molecule has 4 rings (SSSR count). The third-order valence-electron chi connectivity index (χ3n) is 7.04. The fourth-order valence-corrected chi connectivity index (χ4v) is 6.05. The van der Waals surface area contributed by atoms with Crippen LogP contribution in [0.1, 0.15) is 68.2 Å². The molecule has 0 fully saturated rings. The molecule has 0 aliphatic carbocycles. The van der Waals surface area contributed by atoms with Gasteiger partial charge >= 0.3 is 0 Å². The molecule has 3 atom stereocenters. The van der Waals surface area contributed by atoms with E-state index in [2.05, 4.69) is 30.8 Å². The van der Waals surface area contributed by atoms with Gasteiger partial charge in [0.05, 0.1) is 12.8 Å². The highest BCUT2D eigenvalue weighted by atomic mass is 32.2. The van der Waals surface area contributed by atoms with Gasteiger partial charge in [0.2, 0.25) is 27.7 Å². The molecule has 43 heavy (non-hydrogen) atoms. The fourth-order valence-electron chi connectivity index (χ4n) is 4.63. The van der Waals surface area contributed by atoms with E-state index in [9.17, 15) is 22.8 Å². The van der Waals surface area contributed by atoms with Gasteiger partial charge in [-0.25, -0.2) is 18.1 Å². The lowest BCUT2D eigenvalue weighted by Crippen LogP contribution is -2.48. The monoisotopic (exact) mass is 615 g/mol. The molecule has 1 aliphatic rings. The Labute approximate surface area is 250 Å². The second-order valence-corrected chi connectivity index (χ2v) is 12.3. The molecule has 2 aromatic heterocycles. The minimum atomic E-state index is -4.29. The number of aryl methyl sites for hydroxylation is 1. The number of rotatable bonds is 6. The Morgan fingerprint density at radius 3 is 2.58 bits per heavy atom. The van der Waals surface area contributed by atoms with Crippen LogP contribution in [0.3, 0.4) is 0 Å². The zero-order valence-electron chi connectivity index (χ0n) is 24.7. The van der Waals surface area contributed by atoms with Crippen LogP contribution in [-0.4, -0.2) is 66.6 Å². The first-order valence-corrected chi connectivity index (χ1v) is 15.5. The number of carbonyl (C=O) groups excluding carboxylic acids is 3. The van der Waals surface area contributed by atoms with Crippen LogP contribution in [0.2, 0.25) is 0 Å². The van der Waals surface area contributed by atoms with Crippen molar-refractivity contribution in [3.05, 3.63) is 54.0 Å². The largest absolute Gasteiger partial charge is 0.495 e. The van der Waals surface area contributed by atoms with Crippen LogP contribution in [0.15, 0.2) is 46.0 Å². The number of carbonyl (C=O) groups is 3. The Hall–Kier alpha value is -4.24. The molecule has 3 amide bonds. The number of methoxy groups -OCH3 is 1. The molecule has 3 aromatic rings. The van der Waals surface area contributed by atoms with Crippen LogP contribution in [0.5, 0.6) is 5.75 Å². The van der Waals surface area contributed by atoms with Crippen molar-refractivity contribution in [3.8, 4) is 11.4 Å². The van der Waals surface area contributed by atoms with Gasteiger partial charge in [0.1, 0.15) is 34.5 Å². The standard InChI is InChI=1S/C28H37N7O7S/c1-16(2)23-28-33-24(18(4)42-28)27(38)31-17(3)25(36)29-12-7-6-9-20(26(37)32-23)34-43(39,40)22-15-19(10-11-21(22)41-5)35-14-8-13-30-35/h8,10-11,13-17,20,23,34H,6-7,9,12H2,1-5H3,(H,29,36)(H,31,38)(H,32,37)/t17-,20+,23+/m1/s1. The number of fused-ring (bicyclic) bond motifs is 2. The normalized spacial score (nSPS) is 20.8. The Kier molecular flexibility index (Phi) is 9.86. The van der Waals surface area contributed by atoms with Crippen molar-refractivity contribution in [2.45, 2.75) is 70.0 Å². The Morgan fingerprint density at radius 1 is 1.14 bits per heavy atom. The van der Waals surface area contributed by atoms with Gasteiger partial charge in [-0.2, -0.15) is 9.82 Å². The van der Waals surface area contributed by atoms with Crippen molar-refractivity contribution < 1.29 is 32.0 Å². The van der Waals surface area contributed by atoms with Crippen LogP contribution in [0.4, 0.5) is 0 Å². The fraction of sp³-hybridized carbons (Fsp3) is 0.464. The van der Waals surface area contributed by atoms with Gasteiger partial charge in [0, 0.05) is 18.9 Å². The van der Waals surface area contributed by atoms with Crippen molar-refractivity contribution in [1.82, 2.24) is 35.4 Å². The van der Waals surface area contributed by atoms with Crippen LogP contribution in [0, 0.1) is 12.8 Å². The first kappa shape index (κ1) is 31.7. The highest BCUT2D eigenvalue weighted by Crippen LogP contribution is 2.28. The third-order valence-corrected chi connectivity index (χ3v) is 8.53. The molecule has 0 spiro atoms.